The van der Waals surface area contributed by atoms with Crippen LogP contribution in [0.5, 0.6) is 5.75 Å². The molecule has 0 aliphatic carbocycles. The average molecular weight is 253 g/mol. The molecule has 0 saturated heterocycles. The topological polar surface area (TPSA) is 60.9 Å². The molecule has 1 atom stereocenters. The number of fused-ring (bicyclic) bond motifs is 1. The van der Waals surface area contributed by atoms with Gasteiger partial charge < -0.3 is 10.4 Å². The Hall–Kier alpha value is -2.49. The van der Waals surface area contributed by atoms with Crippen molar-refractivity contribution >= 4 is 16.5 Å². The first-order valence-corrected chi connectivity index (χ1v) is 6.22. The first-order valence-electron chi connectivity index (χ1n) is 6.22. The molecule has 0 aliphatic heterocycles. The maximum Gasteiger partial charge on any atom is 0.123 e. The molecule has 0 spiro atoms. The maximum atomic E-state index is 9.87. The van der Waals surface area contributed by atoms with Gasteiger partial charge in [-0.05, 0) is 25.1 Å². The van der Waals surface area contributed by atoms with Crippen LogP contribution >= 0.6 is 0 Å². The molecule has 0 saturated carbocycles. The molecule has 0 amide bonds. The molecule has 4 heteroatoms. The lowest BCUT2D eigenvalue weighted by Gasteiger charge is -2.15. The van der Waals surface area contributed by atoms with Crippen LogP contribution in [0, 0.1) is 0 Å². The number of phenols is 1. The van der Waals surface area contributed by atoms with Crippen molar-refractivity contribution in [1.82, 2.24) is 10.2 Å². The van der Waals surface area contributed by atoms with E-state index in [1.165, 1.54) is 0 Å². The monoisotopic (exact) mass is 253 g/mol. The predicted octanol–water partition coefficient (Wildman–Crippen LogP) is 3.44. The Morgan fingerprint density at radius 3 is 2.68 bits per heavy atom. The number of hydrogen-bond donors (Lipinski definition) is 3. The average Bonchev–Trinajstić information content (AvgIpc) is 2.94. The van der Waals surface area contributed by atoms with E-state index in [2.05, 4.69) is 22.4 Å². The van der Waals surface area contributed by atoms with Crippen LogP contribution in [0.15, 0.2) is 48.7 Å². The van der Waals surface area contributed by atoms with E-state index in [4.69, 9.17) is 0 Å². The molecule has 3 aromatic rings. The smallest absolute Gasteiger partial charge is 0.123 e. The van der Waals surface area contributed by atoms with Gasteiger partial charge in [0.05, 0.1) is 11.7 Å². The van der Waals surface area contributed by atoms with Crippen molar-refractivity contribution in [2.45, 2.75) is 13.0 Å². The highest BCUT2D eigenvalue weighted by molar-refractivity contribution is 5.97. The Morgan fingerprint density at radius 2 is 1.89 bits per heavy atom. The zero-order valence-corrected chi connectivity index (χ0v) is 10.6. The molecule has 19 heavy (non-hydrogen) atoms. The van der Waals surface area contributed by atoms with E-state index in [1.807, 2.05) is 36.4 Å². The summed E-state index contributed by atoms with van der Waals surface area (Å²) in [7, 11) is 0. The number of H-pyrrole nitrogens is 1. The molecule has 1 heterocycles. The third kappa shape index (κ3) is 2.12. The number of benzene rings is 2. The first-order chi connectivity index (χ1) is 9.25. The Balaban J connectivity index is 1.99. The van der Waals surface area contributed by atoms with Crippen molar-refractivity contribution in [3.05, 3.63) is 54.4 Å². The van der Waals surface area contributed by atoms with Crippen LogP contribution in [0.4, 0.5) is 5.69 Å². The van der Waals surface area contributed by atoms with Crippen molar-refractivity contribution in [2.75, 3.05) is 5.32 Å². The molecule has 2 aromatic carbocycles. The van der Waals surface area contributed by atoms with Gasteiger partial charge in [0, 0.05) is 22.7 Å². The SMILES string of the molecule is CC(Nc1cccc2c(O)cccc12)c1ccn[nH]1. The van der Waals surface area contributed by atoms with E-state index in [1.54, 1.807) is 12.3 Å². The number of aromatic hydroxyl groups is 1. The zero-order chi connectivity index (χ0) is 13.2. The van der Waals surface area contributed by atoms with E-state index in [0.29, 0.717) is 5.75 Å². The maximum absolute atomic E-state index is 9.87. The molecule has 3 N–H and O–H groups in total. The first kappa shape index (κ1) is 11.6. The fraction of sp³-hybridized carbons (Fsp3) is 0.133. The van der Waals surface area contributed by atoms with Gasteiger partial charge in [-0.25, -0.2) is 0 Å². The highest BCUT2D eigenvalue weighted by Crippen LogP contribution is 2.31. The van der Waals surface area contributed by atoms with Crippen LogP contribution in [-0.2, 0) is 0 Å². The quantitative estimate of drug-likeness (QED) is 0.670. The molecule has 0 fully saturated rings. The van der Waals surface area contributed by atoms with Crippen LogP contribution in [0.1, 0.15) is 18.7 Å². The van der Waals surface area contributed by atoms with E-state index >= 15 is 0 Å². The molecule has 0 aliphatic rings. The third-order valence-electron chi connectivity index (χ3n) is 3.26. The molecular weight excluding hydrogens is 238 g/mol. The van der Waals surface area contributed by atoms with Gasteiger partial charge in [-0.1, -0.05) is 24.3 Å². The van der Waals surface area contributed by atoms with E-state index in [0.717, 1.165) is 22.2 Å². The van der Waals surface area contributed by atoms with Crippen molar-refractivity contribution in [1.29, 1.82) is 0 Å². The van der Waals surface area contributed by atoms with Crippen LogP contribution in [0.25, 0.3) is 10.8 Å². The van der Waals surface area contributed by atoms with Gasteiger partial charge in [0.15, 0.2) is 0 Å². The molecule has 0 radical (unpaired) electrons. The van der Waals surface area contributed by atoms with Crippen molar-refractivity contribution in [3.8, 4) is 5.75 Å². The second-order valence-corrected chi connectivity index (χ2v) is 4.56. The molecule has 1 aromatic heterocycles. The number of phenolic OH excluding ortho intramolecular Hbond substituents is 1. The number of nitrogens with zero attached hydrogens (tertiary/aromatic N) is 1. The predicted molar refractivity (Wildman–Crippen MR) is 76.2 cm³/mol. The van der Waals surface area contributed by atoms with Gasteiger partial charge in [-0.2, -0.15) is 5.10 Å². The highest BCUT2D eigenvalue weighted by Gasteiger charge is 2.09. The van der Waals surface area contributed by atoms with E-state index in [9.17, 15) is 5.11 Å². The van der Waals surface area contributed by atoms with Crippen LogP contribution in [-0.4, -0.2) is 15.3 Å². The van der Waals surface area contributed by atoms with Crippen molar-refractivity contribution in [3.63, 3.8) is 0 Å². The fourth-order valence-electron chi connectivity index (χ4n) is 2.24. The Labute approximate surface area is 111 Å². The lowest BCUT2D eigenvalue weighted by molar-refractivity contribution is 0.481. The van der Waals surface area contributed by atoms with Gasteiger partial charge in [-0.3, -0.25) is 5.10 Å². The van der Waals surface area contributed by atoms with Gasteiger partial charge in [0.25, 0.3) is 0 Å². The largest absolute Gasteiger partial charge is 0.507 e. The molecular formula is C15H15N3O. The summed E-state index contributed by atoms with van der Waals surface area (Å²) in [5, 5.41) is 22.1. The van der Waals surface area contributed by atoms with Gasteiger partial charge >= 0.3 is 0 Å². The lowest BCUT2D eigenvalue weighted by atomic mass is 10.1. The summed E-state index contributed by atoms with van der Waals surface area (Å²) in [6.45, 7) is 2.06. The summed E-state index contributed by atoms with van der Waals surface area (Å²) < 4.78 is 0. The number of aromatic amines is 1. The van der Waals surface area contributed by atoms with Crippen molar-refractivity contribution < 1.29 is 5.11 Å². The molecule has 4 nitrogen and oxygen atoms in total. The van der Waals surface area contributed by atoms with Gasteiger partial charge in [-0.15, -0.1) is 0 Å². The lowest BCUT2D eigenvalue weighted by Crippen LogP contribution is -2.07. The van der Waals surface area contributed by atoms with Crippen LogP contribution in [0.3, 0.4) is 0 Å². The molecule has 96 valence electrons. The minimum absolute atomic E-state index is 0.121. The second kappa shape index (κ2) is 4.65. The standard InChI is InChI=1S/C15H15N3O/c1-10(13-8-9-16-18-13)17-14-6-2-5-12-11(14)4-3-7-15(12)19/h2-10,17,19H,1H3,(H,16,18). The Kier molecular flexibility index (Phi) is 2.83. The second-order valence-electron chi connectivity index (χ2n) is 4.56. The minimum atomic E-state index is 0.121. The van der Waals surface area contributed by atoms with Crippen LogP contribution < -0.4 is 5.32 Å². The molecule has 0 bridgehead atoms. The number of hydrogen-bond acceptors (Lipinski definition) is 3. The summed E-state index contributed by atoms with van der Waals surface area (Å²) in [6.07, 6.45) is 1.74. The fourth-order valence-corrected chi connectivity index (χ4v) is 2.24. The normalized spacial score (nSPS) is 12.5. The van der Waals surface area contributed by atoms with Gasteiger partial charge in [0.2, 0.25) is 0 Å². The third-order valence-corrected chi connectivity index (χ3v) is 3.26. The summed E-state index contributed by atoms with van der Waals surface area (Å²) in [4.78, 5) is 0. The summed E-state index contributed by atoms with van der Waals surface area (Å²) in [5.74, 6) is 0.301. The summed E-state index contributed by atoms with van der Waals surface area (Å²) >= 11 is 0. The zero-order valence-electron chi connectivity index (χ0n) is 10.6. The number of anilines is 1. The Morgan fingerprint density at radius 1 is 1.11 bits per heavy atom. The van der Waals surface area contributed by atoms with Crippen LogP contribution in [0.2, 0.25) is 0 Å². The minimum Gasteiger partial charge on any atom is -0.507 e. The van der Waals surface area contributed by atoms with Crippen molar-refractivity contribution in [2.24, 2.45) is 0 Å². The number of aromatic nitrogens is 2. The van der Waals surface area contributed by atoms with E-state index < -0.39 is 0 Å². The summed E-state index contributed by atoms with van der Waals surface area (Å²) in [5.41, 5.74) is 2.02. The molecule has 1 unspecified atom stereocenters. The Bertz CT molecular complexity index is 692. The highest BCUT2D eigenvalue weighted by atomic mass is 16.3. The van der Waals surface area contributed by atoms with E-state index in [-0.39, 0.29) is 6.04 Å². The van der Waals surface area contributed by atoms with Gasteiger partial charge in [0.1, 0.15) is 5.75 Å². The number of nitrogens with one attached hydrogen (secondary N) is 2. The summed E-state index contributed by atoms with van der Waals surface area (Å²) in [6, 6.07) is 13.5. The molecule has 3 rings (SSSR count). The number of rotatable bonds is 3.